The van der Waals surface area contributed by atoms with Crippen LogP contribution in [0.15, 0.2) is 47.3 Å². The van der Waals surface area contributed by atoms with E-state index in [0.717, 1.165) is 14.2 Å². The number of rotatable bonds is 10. The average molecular weight is 461 g/mol. The first-order chi connectivity index (χ1) is 15.7. The second kappa shape index (κ2) is 11.4. The number of non-ortho nitro benzene ring substituents is 1. The molecule has 0 spiro atoms. The van der Waals surface area contributed by atoms with Gasteiger partial charge >= 0.3 is 17.9 Å². The highest BCUT2D eigenvalue weighted by Crippen LogP contribution is 2.40. The molecule has 176 valence electrons. The number of nitro groups is 1. The maximum absolute atomic E-state index is 12.7. The highest BCUT2D eigenvalue weighted by atomic mass is 16.6. The van der Waals surface area contributed by atoms with Crippen LogP contribution >= 0.6 is 0 Å². The molecule has 1 aliphatic rings. The summed E-state index contributed by atoms with van der Waals surface area (Å²) in [7, 11) is 2.30. The third-order valence-corrected chi connectivity index (χ3v) is 4.85. The van der Waals surface area contributed by atoms with E-state index >= 15 is 0 Å². The average Bonchev–Trinajstić information content (AvgIpc) is 2.81. The number of esters is 3. The first-order valence-electron chi connectivity index (χ1n) is 9.67. The van der Waals surface area contributed by atoms with Crippen LogP contribution in [-0.2, 0) is 33.4 Å². The number of nitro benzene ring substituents is 1. The van der Waals surface area contributed by atoms with E-state index in [0.29, 0.717) is 12.0 Å². The van der Waals surface area contributed by atoms with E-state index in [9.17, 15) is 29.3 Å². The van der Waals surface area contributed by atoms with Gasteiger partial charge in [-0.2, -0.15) is 0 Å². The molecule has 1 aromatic rings. The van der Waals surface area contributed by atoms with E-state index in [1.54, 1.807) is 6.92 Å². The van der Waals surface area contributed by atoms with E-state index in [4.69, 9.17) is 14.2 Å². The summed E-state index contributed by atoms with van der Waals surface area (Å²) in [5.74, 6) is -3.30. The first-order valence-corrected chi connectivity index (χ1v) is 9.67. The van der Waals surface area contributed by atoms with Crippen molar-refractivity contribution in [2.24, 2.45) is 0 Å². The normalized spacial score (nSPS) is 15.3. The van der Waals surface area contributed by atoms with Gasteiger partial charge in [0, 0.05) is 24.0 Å². The molecule has 0 aliphatic carbocycles. The van der Waals surface area contributed by atoms with Gasteiger partial charge < -0.3 is 24.4 Å². The van der Waals surface area contributed by atoms with Crippen molar-refractivity contribution in [3.05, 3.63) is 63.0 Å². The minimum atomic E-state index is -1.03. The highest BCUT2D eigenvalue weighted by Gasteiger charge is 2.38. The summed E-state index contributed by atoms with van der Waals surface area (Å²) in [5.41, 5.74) is 0.334. The second-order valence-corrected chi connectivity index (χ2v) is 6.77. The third kappa shape index (κ3) is 5.93. The summed E-state index contributed by atoms with van der Waals surface area (Å²) in [5, 5.41) is 13.6. The molecule has 33 heavy (non-hydrogen) atoms. The Kier molecular flexibility index (Phi) is 8.66. The van der Waals surface area contributed by atoms with Crippen LogP contribution in [-0.4, -0.2) is 68.1 Å². The van der Waals surface area contributed by atoms with Crippen LogP contribution in [0.1, 0.15) is 18.4 Å². The zero-order chi connectivity index (χ0) is 24.5. The van der Waals surface area contributed by atoms with Crippen LogP contribution in [0.5, 0.6) is 0 Å². The number of ether oxygens (including phenoxy) is 3. The molecular weight excluding hydrogens is 438 g/mol. The molecule has 2 rings (SSSR count). The number of amides is 1. The summed E-state index contributed by atoms with van der Waals surface area (Å²) >= 11 is 0. The van der Waals surface area contributed by atoms with Crippen molar-refractivity contribution >= 4 is 30.0 Å². The molecule has 0 fully saturated rings. The Morgan fingerprint density at radius 3 is 2.52 bits per heavy atom. The lowest BCUT2D eigenvalue weighted by atomic mass is 9.81. The molecule has 1 unspecified atom stereocenters. The number of nitrogens with one attached hydrogen (secondary N) is 1. The molecule has 12 nitrogen and oxygen atoms in total. The number of hydrogen-bond acceptors (Lipinski definition) is 10. The van der Waals surface area contributed by atoms with Crippen molar-refractivity contribution in [1.29, 1.82) is 0 Å². The van der Waals surface area contributed by atoms with Crippen LogP contribution in [0, 0.1) is 10.1 Å². The van der Waals surface area contributed by atoms with E-state index in [1.807, 2.05) is 0 Å². The van der Waals surface area contributed by atoms with Gasteiger partial charge in [-0.25, -0.2) is 9.59 Å². The summed E-state index contributed by atoms with van der Waals surface area (Å²) in [6.07, 6.45) is 1.80. The van der Waals surface area contributed by atoms with Gasteiger partial charge in [0.25, 0.3) is 5.69 Å². The molecule has 0 aromatic heterocycles. The quantitative estimate of drug-likeness (QED) is 0.132. The second-order valence-electron chi connectivity index (χ2n) is 6.77. The third-order valence-electron chi connectivity index (χ3n) is 4.85. The molecular formula is C21H23N3O9. The summed E-state index contributed by atoms with van der Waals surface area (Å²) in [6.45, 7) is 1.25. The Bertz CT molecular complexity index is 1020. The van der Waals surface area contributed by atoms with Crippen molar-refractivity contribution in [3.8, 4) is 0 Å². The van der Waals surface area contributed by atoms with Crippen LogP contribution in [0.4, 0.5) is 5.69 Å². The molecule has 1 heterocycles. The monoisotopic (exact) mass is 461 g/mol. The number of allylic oxidation sites excluding steroid dienone is 1. The van der Waals surface area contributed by atoms with Crippen LogP contribution in [0.25, 0.3) is 0 Å². The molecule has 0 radical (unpaired) electrons. The Hall–Kier alpha value is -4.22. The van der Waals surface area contributed by atoms with Crippen LogP contribution in [0.3, 0.4) is 0 Å². The van der Waals surface area contributed by atoms with E-state index in [2.05, 4.69) is 5.32 Å². The lowest BCUT2D eigenvalue weighted by Gasteiger charge is -2.33. The zero-order valence-electron chi connectivity index (χ0n) is 18.2. The predicted molar refractivity (Wildman–Crippen MR) is 112 cm³/mol. The van der Waals surface area contributed by atoms with E-state index < -0.39 is 28.7 Å². The van der Waals surface area contributed by atoms with Crippen LogP contribution in [0.2, 0.25) is 0 Å². The van der Waals surface area contributed by atoms with Crippen LogP contribution < -0.4 is 5.32 Å². The van der Waals surface area contributed by atoms with Gasteiger partial charge in [-0.1, -0.05) is 12.1 Å². The maximum Gasteiger partial charge on any atom is 0.336 e. The van der Waals surface area contributed by atoms with Crippen molar-refractivity contribution < 1.29 is 38.3 Å². The number of benzene rings is 1. The maximum atomic E-state index is 12.7. The molecule has 12 heteroatoms. The van der Waals surface area contributed by atoms with Gasteiger partial charge in [-0.15, -0.1) is 0 Å². The SMILES string of the molecule is COC(=O)C1=CN(CC(=O)OCCNC=O)C(C)=C(C(=O)OC)C1c1cccc([N+](=O)[O-])c1. The number of nitrogens with zero attached hydrogens (tertiary/aromatic N) is 2. The fourth-order valence-corrected chi connectivity index (χ4v) is 3.32. The minimum absolute atomic E-state index is 0.0105. The topological polar surface area (TPSA) is 154 Å². The zero-order valence-corrected chi connectivity index (χ0v) is 18.2. The lowest BCUT2D eigenvalue weighted by Crippen LogP contribution is -2.35. The number of carbonyl (C=O) groups is 4. The molecule has 0 bridgehead atoms. The Morgan fingerprint density at radius 2 is 1.91 bits per heavy atom. The summed E-state index contributed by atoms with van der Waals surface area (Å²) in [4.78, 5) is 59.9. The van der Waals surface area contributed by atoms with Gasteiger partial charge in [0.1, 0.15) is 13.2 Å². The van der Waals surface area contributed by atoms with Crippen molar-refractivity contribution in [3.63, 3.8) is 0 Å². The fourth-order valence-electron chi connectivity index (χ4n) is 3.32. The first kappa shape index (κ1) is 25.0. The molecule has 0 saturated heterocycles. The predicted octanol–water partition coefficient (Wildman–Crippen LogP) is 0.787. The number of carbonyl (C=O) groups excluding carboxylic acids is 4. The fraction of sp³-hybridized carbons (Fsp3) is 0.333. The smallest absolute Gasteiger partial charge is 0.336 e. The van der Waals surface area contributed by atoms with Gasteiger partial charge in [-0.3, -0.25) is 19.7 Å². The Labute approximate surface area is 188 Å². The standard InChI is InChI=1S/C21H23N3O9/c1-13-18(21(28)32-3)19(14-5-4-6-15(9-14)24(29)30)16(20(27)31-2)10-23(13)11-17(26)33-8-7-22-12-25/h4-6,9-10,12,19H,7-8,11H2,1-3H3,(H,22,25). The molecule has 1 aliphatic heterocycles. The minimum Gasteiger partial charge on any atom is -0.466 e. The van der Waals surface area contributed by atoms with Gasteiger partial charge in [0.05, 0.1) is 42.8 Å². The Morgan fingerprint density at radius 1 is 1.21 bits per heavy atom. The van der Waals surface area contributed by atoms with Crippen molar-refractivity contribution in [2.75, 3.05) is 33.9 Å². The molecule has 1 N–H and O–H groups in total. The van der Waals surface area contributed by atoms with Crippen molar-refractivity contribution in [1.82, 2.24) is 10.2 Å². The molecule has 0 saturated carbocycles. The number of methoxy groups -OCH3 is 2. The van der Waals surface area contributed by atoms with Gasteiger partial charge in [0.2, 0.25) is 6.41 Å². The Balaban J connectivity index is 2.52. The summed E-state index contributed by atoms with van der Waals surface area (Å²) < 4.78 is 14.8. The lowest BCUT2D eigenvalue weighted by molar-refractivity contribution is -0.384. The molecule has 1 amide bonds. The van der Waals surface area contributed by atoms with E-state index in [-0.39, 0.29) is 42.2 Å². The molecule has 1 aromatic carbocycles. The van der Waals surface area contributed by atoms with E-state index in [1.165, 1.54) is 35.4 Å². The largest absolute Gasteiger partial charge is 0.466 e. The highest BCUT2D eigenvalue weighted by molar-refractivity contribution is 5.99. The van der Waals surface area contributed by atoms with Gasteiger partial charge in [0.15, 0.2) is 0 Å². The molecule has 1 atom stereocenters. The number of hydrogen-bond donors (Lipinski definition) is 1. The van der Waals surface area contributed by atoms with Crippen molar-refractivity contribution in [2.45, 2.75) is 12.8 Å². The van der Waals surface area contributed by atoms with Gasteiger partial charge in [-0.05, 0) is 12.5 Å². The summed E-state index contributed by atoms with van der Waals surface area (Å²) in [6, 6.07) is 5.50.